The number of benzene rings is 6. The second-order valence-electron chi connectivity index (χ2n) is 14.1. The molecule has 9 rings (SSSR count). The monoisotopic (exact) mass is 891 g/mol. The molecule has 0 N–H and O–H groups in total. The summed E-state index contributed by atoms with van der Waals surface area (Å²) in [6.45, 7) is 7.02. The molecule has 0 fully saturated rings. The van der Waals surface area contributed by atoms with Gasteiger partial charge in [-0.1, -0.05) is 152 Å². The van der Waals surface area contributed by atoms with Gasteiger partial charge in [-0.3, -0.25) is 0 Å². The number of pyridine rings is 2. The Labute approximate surface area is 331 Å². The summed E-state index contributed by atoms with van der Waals surface area (Å²) < 4.78 is 6.37. The van der Waals surface area contributed by atoms with E-state index in [1.54, 1.807) is 0 Å². The first-order chi connectivity index (χ1) is 25.9. The Morgan fingerprint density at radius 3 is 1.72 bits per heavy atom. The molecule has 0 saturated carbocycles. The van der Waals surface area contributed by atoms with E-state index >= 15 is 0 Å². The van der Waals surface area contributed by atoms with Crippen LogP contribution in [0.3, 0.4) is 0 Å². The molecule has 3 aromatic heterocycles. The molecule has 0 unspecified atom stereocenters. The predicted molar refractivity (Wildman–Crippen MR) is 224 cm³/mol. The minimum Gasteiger partial charge on any atom is -0.501 e. The maximum Gasteiger partial charge on any atom is 0.121 e. The molecule has 9 aromatic rings. The molecule has 3 heterocycles. The summed E-state index contributed by atoms with van der Waals surface area (Å²) in [5.41, 5.74) is 12.5. The van der Waals surface area contributed by atoms with Gasteiger partial charge in [-0.2, -0.15) is 0 Å². The molecular weight excluding hydrogens is 853 g/mol. The Morgan fingerprint density at radius 1 is 0.500 bits per heavy atom. The first-order valence-corrected chi connectivity index (χ1v) is 21.4. The first kappa shape index (κ1) is 36.6. The first-order valence-electron chi connectivity index (χ1n) is 17.9. The zero-order chi connectivity index (χ0) is 36.2. The van der Waals surface area contributed by atoms with E-state index in [1.165, 1.54) is 21.9 Å². The molecule has 3 nitrogen and oxygen atoms in total. The van der Waals surface area contributed by atoms with Crippen molar-refractivity contribution in [3.8, 4) is 55.9 Å². The van der Waals surface area contributed by atoms with Gasteiger partial charge in [0.15, 0.2) is 0 Å². The fourth-order valence-corrected chi connectivity index (χ4v) is 7.58. The number of hydrogen-bond acceptors (Lipinski definition) is 3. The van der Waals surface area contributed by atoms with Crippen LogP contribution in [0.5, 0.6) is 0 Å². The van der Waals surface area contributed by atoms with E-state index in [9.17, 15) is 0 Å². The number of aromatic nitrogens is 2. The van der Waals surface area contributed by atoms with Gasteiger partial charge in [-0.05, 0) is 56.5 Å². The third-order valence-corrected chi connectivity index (χ3v) is 11.5. The second-order valence-corrected chi connectivity index (χ2v) is 19.2. The molecule has 0 amide bonds. The van der Waals surface area contributed by atoms with Crippen molar-refractivity contribution in [1.82, 2.24) is 9.97 Å². The van der Waals surface area contributed by atoms with Crippen LogP contribution in [0.25, 0.3) is 77.8 Å². The molecule has 0 atom stereocenters. The Kier molecular flexibility index (Phi) is 10.9. The SMILES string of the molecule is C[Si](C)(C)c1ccc(-c2[c-]ccc(-c3ccccc3)c2)nc1.[Ir].[c-]1ccc2c(oc3cc(-c4ccccc4)ccc32)c1-c1cc(-c2ccccc2)ccn1. The molecule has 54 heavy (non-hydrogen) atoms. The van der Waals surface area contributed by atoms with Gasteiger partial charge < -0.3 is 14.4 Å². The maximum atomic E-state index is 6.37. The molecule has 0 bridgehead atoms. The number of nitrogens with zero attached hydrogens (tertiary/aromatic N) is 2. The van der Waals surface area contributed by atoms with Crippen molar-refractivity contribution < 1.29 is 24.5 Å². The molecule has 1 radical (unpaired) electrons. The Bertz CT molecular complexity index is 2630. The van der Waals surface area contributed by atoms with E-state index in [0.717, 1.165) is 61.1 Å². The number of hydrogen-bond donors (Lipinski definition) is 0. The van der Waals surface area contributed by atoms with Gasteiger partial charge in [0.1, 0.15) is 5.58 Å². The molecule has 0 saturated heterocycles. The van der Waals surface area contributed by atoms with Crippen molar-refractivity contribution >= 4 is 35.2 Å². The van der Waals surface area contributed by atoms with Crippen LogP contribution < -0.4 is 5.19 Å². The molecule has 0 spiro atoms. The summed E-state index contributed by atoms with van der Waals surface area (Å²) in [5.74, 6) is 0. The van der Waals surface area contributed by atoms with Crippen LogP contribution in [0, 0.1) is 12.1 Å². The summed E-state index contributed by atoms with van der Waals surface area (Å²) in [4.78, 5) is 9.28. The van der Waals surface area contributed by atoms with Crippen LogP contribution in [-0.4, -0.2) is 18.0 Å². The number of fused-ring (bicyclic) bond motifs is 3. The number of furan rings is 1. The smallest absolute Gasteiger partial charge is 0.121 e. The van der Waals surface area contributed by atoms with E-state index in [4.69, 9.17) is 4.42 Å². The fourth-order valence-electron chi connectivity index (χ4n) is 6.54. The topological polar surface area (TPSA) is 38.9 Å². The zero-order valence-corrected chi connectivity index (χ0v) is 33.8. The van der Waals surface area contributed by atoms with Crippen LogP contribution in [0.2, 0.25) is 19.6 Å². The Hall–Kier alpha value is -5.71. The van der Waals surface area contributed by atoms with Gasteiger partial charge in [0.05, 0.1) is 13.7 Å². The van der Waals surface area contributed by atoms with Crippen molar-refractivity contribution in [3.63, 3.8) is 0 Å². The van der Waals surface area contributed by atoms with Crippen molar-refractivity contribution in [2.75, 3.05) is 0 Å². The van der Waals surface area contributed by atoms with E-state index in [2.05, 4.69) is 157 Å². The van der Waals surface area contributed by atoms with Crippen molar-refractivity contribution in [2.45, 2.75) is 19.6 Å². The van der Waals surface area contributed by atoms with Crippen LogP contribution in [0.1, 0.15) is 0 Å². The predicted octanol–water partition coefficient (Wildman–Crippen LogP) is 12.5. The average Bonchev–Trinajstić information content (AvgIpc) is 3.60. The molecular formula is C49H38IrN2OSi-2. The third kappa shape index (κ3) is 7.95. The van der Waals surface area contributed by atoms with Gasteiger partial charge in [0, 0.05) is 37.9 Å². The standard InChI is InChI=1S/C29H18NO.C20H20NSi.Ir/c1-3-8-20(9-4-1)22-14-15-24-25-12-7-13-26(29(25)31-28(24)19-22)27-18-23(16-17-30-27)21-10-5-2-6-11-21;1-22(2,3)19-12-13-20(21-15-19)18-11-7-10-17(14-18)16-8-5-4-6-9-16;/h1-12,14-19H;4-10,12-15H,1-3H3;/q2*-1;. The van der Waals surface area contributed by atoms with Crippen LogP contribution in [-0.2, 0) is 20.1 Å². The van der Waals surface area contributed by atoms with Crippen LogP contribution in [0.15, 0.2) is 181 Å². The van der Waals surface area contributed by atoms with E-state index in [-0.39, 0.29) is 20.1 Å². The van der Waals surface area contributed by atoms with Gasteiger partial charge in [0.2, 0.25) is 0 Å². The number of rotatable bonds is 6. The van der Waals surface area contributed by atoms with Gasteiger partial charge in [-0.25, -0.2) is 0 Å². The summed E-state index contributed by atoms with van der Waals surface area (Å²) >= 11 is 0. The summed E-state index contributed by atoms with van der Waals surface area (Å²) in [6, 6.07) is 62.9. The maximum absolute atomic E-state index is 6.37. The molecule has 6 aromatic carbocycles. The summed E-state index contributed by atoms with van der Waals surface area (Å²) in [7, 11) is -1.29. The molecule has 0 aliphatic carbocycles. The fraction of sp³-hybridized carbons (Fsp3) is 0.0612. The van der Waals surface area contributed by atoms with Crippen molar-refractivity contribution in [3.05, 3.63) is 188 Å². The Balaban J connectivity index is 0.000000174. The van der Waals surface area contributed by atoms with Crippen molar-refractivity contribution in [2.24, 2.45) is 0 Å². The largest absolute Gasteiger partial charge is 0.501 e. The average molecular weight is 891 g/mol. The molecule has 0 aliphatic rings. The zero-order valence-electron chi connectivity index (χ0n) is 30.4. The minimum absolute atomic E-state index is 0. The molecule has 265 valence electrons. The summed E-state index contributed by atoms with van der Waals surface area (Å²) in [5, 5.41) is 3.56. The van der Waals surface area contributed by atoms with Crippen LogP contribution >= 0.6 is 0 Å². The van der Waals surface area contributed by atoms with Crippen molar-refractivity contribution in [1.29, 1.82) is 0 Å². The van der Waals surface area contributed by atoms with Gasteiger partial charge >= 0.3 is 0 Å². The van der Waals surface area contributed by atoms with E-state index < -0.39 is 8.07 Å². The second kappa shape index (κ2) is 16.1. The Morgan fingerprint density at radius 2 is 1.11 bits per heavy atom. The molecule has 5 heteroatoms. The summed E-state index contributed by atoms with van der Waals surface area (Å²) in [6.07, 6.45) is 3.88. The van der Waals surface area contributed by atoms with Crippen LogP contribution in [0.4, 0.5) is 0 Å². The van der Waals surface area contributed by atoms with E-state index in [1.807, 2.05) is 60.9 Å². The third-order valence-electron chi connectivity index (χ3n) is 9.48. The normalized spacial score (nSPS) is 11.1. The van der Waals surface area contributed by atoms with Gasteiger partial charge in [0.25, 0.3) is 0 Å². The minimum atomic E-state index is -1.29. The quantitative estimate of drug-likeness (QED) is 0.123. The van der Waals surface area contributed by atoms with E-state index in [0.29, 0.717) is 0 Å². The molecule has 0 aliphatic heterocycles. The van der Waals surface area contributed by atoms with Gasteiger partial charge in [-0.15, -0.1) is 53.6 Å².